The minimum absolute atomic E-state index is 0.244. The van der Waals surface area contributed by atoms with Crippen LogP contribution in [0.15, 0.2) is 60.7 Å². The van der Waals surface area contributed by atoms with E-state index < -0.39 is 6.10 Å². The molecule has 2 aromatic rings. The summed E-state index contributed by atoms with van der Waals surface area (Å²) in [7, 11) is 0. The number of nitrogens with zero attached hydrogens (tertiary/aromatic N) is 1. The first-order valence-corrected chi connectivity index (χ1v) is 7.91. The summed E-state index contributed by atoms with van der Waals surface area (Å²) in [4.78, 5) is 14.8. The highest BCUT2D eigenvalue weighted by atomic mass is 16.5. The number of morpholine rings is 1. The summed E-state index contributed by atoms with van der Waals surface area (Å²) in [6.45, 7) is 2.66. The molecule has 0 unspecified atom stereocenters. The molecule has 2 aromatic carbocycles. The van der Waals surface area contributed by atoms with Crippen LogP contribution in [0.1, 0.15) is 22.0 Å². The maximum atomic E-state index is 12.7. The van der Waals surface area contributed by atoms with Gasteiger partial charge in [-0.05, 0) is 5.56 Å². The largest absolute Gasteiger partial charge is 0.383 e. The molecule has 0 saturated carbocycles. The molecule has 3 rings (SSSR count). The lowest BCUT2D eigenvalue weighted by Crippen LogP contribution is -2.46. The van der Waals surface area contributed by atoms with Crippen LogP contribution in [0.4, 0.5) is 0 Å². The second-order valence-electron chi connectivity index (χ2n) is 5.68. The van der Waals surface area contributed by atoms with Crippen molar-refractivity contribution in [2.24, 2.45) is 0 Å². The van der Waals surface area contributed by atoms with Gasteiger partial charge >= 0.3 is 0 Å². The van der Waals surface area contributed by atoms with E-state index in [2.05, 4.69) is 4.90 Å². The first kappa shape index (κ1) is 15.9. The molecule has 2 atom stereocenters. The number of hydrogen-bond donors (Lipinski definition) is 1. The van der Waals surface area contributed by atoms with Gasteiger partial charge in [-0.25, -0.2) is 0 Å². The average Bonchev–Trinajstić information content (AvgIpc) is 2.64. The van der Waals surface area contributed by atoms with Gasteiger partial charge in [-0.15, -0.1) is 0 Å². The number of ether oxygens (including phenoxy) is 1. The van der Waals surface area contributed by atoms with Crippen LogP contribution in [0.2, 0.25) is 0 Å². The van der Waals surface area contributed by atoms with Crippen molar-refractivity contribution in [2.45, 2.75) is 12.1 Å². The van der Waals surface area contributed by atoms with Gasteiger partial charge in [-0.2, -0.15) is 0 Å². The molecule has 0 spiro atoms. The Balaban J connectivity index is 1.89. The van der Waals surface area contributed by atoms with E-state index in [0.29, 0.717) is 31.9 Å². The number of hydrogen-bond acceptors (Lipinski definition) is 4. The molecule has 1 aliphatic rings. The summed E-state index contributed by atoms with van der Waals surface area (Å²) in [6, 6.07) is 18.3. The number of carbonyl (C=O) groups is 1. The Morgan fingerprint density at radius 1 is 0.957 bits per heavy atom. The smallest absolute Gasteiger partial charge is 0.193 e. The Morgan fingerprint density at radius 2 is 1.52 bits per heavy atom. The molecular weight excluding hydrogens is 290 g/mol. The SMILES string of the molecule is O=C(c1ccccc1)[C@H](O)[C@@H](c1ccccc1)N1CCOCC1. The van der Waals surface area contributed by atoms with Gasteiger partial charge in [0, 0.05) is 18.7 Å². The lowest BCUT2D eigenvalue weighted by atomic mass is 9.93. The number of Topliss-reactive ketones (excluding diaryl/α,β-unsaturated/α-hetero) is 1. The third kappa shape index (κ3) is 3.67. The summed E-state index contributed by atoms with van der Waals surface area (Å²) in [6.07, 6.45) is -1.10. The molecule has 4 nitrogen and oxygen atoms in total. The van der Waals surface area contributed by atoms with Crippen molar-refractivity contribution >= 4 is 5.78 Å². The van der Waals surface area contributed by atoms with Gasteiger partial charge in [0.2, 0.25) is 0 Å². The van der Waals surface area contributed by atoms with E-state index in [1.807, 2.05) is 48.5 Å². The Hall–Kier alpha value is -2.01. The van der Waals surface area contributed by atoms with Gasteiger partial charge in [0.05, 0.1) is 19.3 Å². The molecule has 0 bridgehead atoms. The van der Waals surface area contributed by atoms with Crippen molar-refractivity contribution < 1.29 is 14.6 Å². The van der Waals surface area contributed by atoms with Gasteiger partial charge in [0.25, 0.3) is 0 Å². The maximum absolute atomic E-state index is 12.7. The van der Waals surface area contributed by atoms with Gasteiger partial charge < -0.3 is 9.84 Å². The lowest BCUT2D eigenvalue weighted by Gasteiger charge is -2.37. The van der Waals surface area contributed by atoms with Crippen LogP contribution in [0.5, 0.6) is 0 Å². The summed E-state index contributed by atoms with van der Waals surface area (Å²) in [5.74, 6) is -0.244. The van der Waals surface area contributed by atoms with Crippen molar-refractivity contribution in [3.63, 3.8) is 0 Å². The van der Waals surface area contributed by atoms with Crippen LogP contribution in [-0.4, -0.2) is 48.2 Å². The monoisotopic (exact) mass is 311 g/mol. The molecule has 0 aliphatic carbocycles. The van der Waals surface area contributed by atoms with Crippen LogP contribution >= 0.6 is 0 Å². The molecule has 23 heavy (non-hydrogen) atoms. The van der Waals surface area contributed by atoms with E-state index in [-0.39, 0.29) is 11.8 Å². The van der Waals surface area contributed by atoms with Crippen molar-refractivity contribution in [1.82, 2.24) is 4.90 Å². The fraction of sp³-hybridized carbons (Fsp3) is 0.316. The highest BCUT2D eigenvalue weighted by Gasteiger charge is 2.33. The number of benzene rings is 2. The van der Waals surface area contributed by atoms with Crippen molar-refractivity contribution in [1.29, 1.82) is 0 Å². The minimum Gasteiger partial charge on any atom is -0.383 e. The second kappa shape index (κ2) is 7.51. The molecule has 0 radical (unpaired) electrons. The first-order valence-electron chi connectivity index (χ1n) is 7.91. The summed E-state index contributed by atoms with van der Waals surface area (Å²) < 4.78 is 5.40. The molecule has 1 aliphatic heterocycles. The topological polar surface area (TPSA) is 49.8 Å². The molecule has 1 N–H and O–H groups in total. The predicted octanol–water partition coefficient (Wildman–Crippen LogP) is 2.30. The van der Waals surface area contributed by atoms with Crippen molar-refractivity contribution in [2.75, 3.05) is 26.3 Å². The number of aliphatic hydroxyl groups excluding tert-OH is 1. The highest BCUT2D eigenvalue weighted by molar-refractivity contribution is 5.99. The molecule has 120 valence electrons. The lowest BCUT2D eigenvalue weighted by molar-refractivity contribution is -0.0172. The summed E-state index contributed by atoms with van der Waals surface area (Å²) in [5, 5.41) is 10.8. The third-order valence-corrected chi connectivity index (χ3v) is 4.21. The Labute approximate surface area is 136 Å². The van der Waals surface area contributed by atoms with E-state index in [0.717, 1.165) is 5.56 Å². The van der Waals surface area contributed by atoms with E-state index in [1.54, 1.807) is 12.1 Å². The van der Waals surface area contributed by atoms with E-state index in [9.17, 15) is 9.90 Å². The fourth-order valence-electron chi connectivity index (χ4n) is 3.02. The zero-order chi connectivity index (χ0) is 16.1. The van der Waals surface area contributed by atoms with Gasteiger partial charge in [0.1, 0.15) is 6.10 Å². The number of rotatable bonds is 5. The molecule has 1 fully saturated rings. The third-order valence-electron chi connectivity index (χ3n) is 4.21. The Bertz CT molecular complexity index is 624. The minimum atomic E-state index is -1.10. The Morgan fingerprint density at radius 3 is 2.13 bits per heavy atom. The second-order valence-corrected chi connectivity index (χ2v) is 5.68. The van der Waals surface area contributed by atoms with Crippen LogP contribution in [0.3, 0.4) is 0 Å². The van der Waals surface area contributed by atoms with E-state index >= 15 is 0 Å². The molecule has 1 saturated heterocycles. The molecule has 0 aromatic heterocycles. The average molecular weight is 311 g/mol. The first-order chi connectivity index (χ1) is 11.3. The Kier molecular flexibility index (Phi) is 5.18. The zero-order valence-electron chi connectivity index (χ0n) is 13.0. The quantitative estimate of drug-likeness (QED) is 0.861. The maximum Gasteiger partial charge on any atom is 0.193 e. The summed E-state index contributed by atoms with van der Waals surface area (Å²) >= 11 is 0. The van der Waals surface area contributed by atoms with Gasteiger partial charge in [-0.1, -0.05) is 60.7 Å². The normalized spacial score (nSPS) is 18.3. The number of carbonyl (C=O) groups excluding carboxylic acids is 1. The zero-order valence-corrected chi connectivity index (χ0v) is 13.0. The number of aliphatic hydroxyl groups is 1. The van der Waals surface area contributed by atoms with Crippen LogP contribution in [0, 0.1) is 0 Å². The van der Waals surface area contributed by atoms with Crippen LogP contribution < -0.4 is 0 Å². The van der Waals surface area contributed by atoms with Crippen molar-refractivity contribution in [3.05, 3.63) is 71.8 Å². The summed E-state index contributed by atoms with van der Waals surface area (Å²) in [5.41, 5.74) is 1.49. The molecule has 0 amide bonds. The number of ketones is 1. The van der Waals surface area contributed by atoms with Crippen LogP contribution in [-0.2, 0) is 4.74 Å². The molecule has 4 heteroatoms. The molecular formula is C19H21NO3. The highest BCUT2D eigenvalue weighted by Crippen LogP contribution is 2.27. The fourth-order valence-corrected chi connectivity index (χ4v) is 3.02. The van der Waals surface area contributed by atoms with Gasteiger partial charge in [-0.3, -0.25) is 9.69 Å². The van der Waals surface area contributed by atoms with Gasteiger partial charge in [0.15, 0.2) is 5.78 Å². The van der Waals surface area contributed by atoms with Crippen molar-refractivity contribution in [3.8, 4) is 0 Å². The molecule has 1 heterocycles. The van der Waals surface area contributed by atoms with E-state index in [4.69, 9.17) is 4.74 Å². The van der Waals surface area contributed by atoms with E-state index in [1.165, 1.54) is 0 Å². The van der Waals surface area contributed by atoms with Crippen LogP contribution in [0.25, 0.3) is 0 Å². The predicted molar refractivity (Wildman–Crippen MR) is 88.4 cm³/mol. The standard InChI is InChI=1S/C19H21NO3/c21-18(16-9-5-2-6-10-16)19(22)17(15-7-3-1-4-8-15)20-11-13-23-14-12-20/h1-10,17,19,22H,11-14H2/t17-,19-/m1/s1.